The number of halogens is 1. The van der Waals surface area contributed by atoms with Crippen LogP contribution in [-0.4, -0.2) is 16.5 Å². The molecule has 2 N–H and O–H groups in total. The van der Waals surface area contributed by atoms with Gasteiger partial charge in [-0.3, -0.25) is 9.97 Å². The Kier molecular flexibility index (Phi) is 2.90. The Morgan fingerprint density at radius 3 is 3.17 bits per heavy atom. The van der Waals surface area contributed by atoms with Gasteiger partial charge in [-0.2, -0.15) is 0 Å². The summed E-state index contributed by atoms with van der Waals surface area (Å²) in [6.45, 7) is 1.78. The van der Waals surface area contributed by atoms with E-state index in [1.54, 1.807) is 18.5 Å². The molecule has 1 aliphatic rings. The van der Waals surface area contributed by atoms with Gasteiger partial charge < -0.3 is 10.6 Å². The number of rotatable bonds is 2. The van der Waals surface area contributed by atoms with Gasteiger partial charge in [-0.1, -0.05) is 0 Å². The lowest BCUT2D eigenvalue weighted by Gasteiger charge is -2.17. The first-order valence-corrected chi connectivity index (χ1v) is 5.88. The lowest BCUT2D eigenvalue weighted by atomic mass is 10.1. The summed E-state index contributed by atoms with van der Waals surface area (Å²) in [6, 6.07) is 3.61. The van der Waals surface area contributed by atoms with E-state index in [1.165, 1.54) is 11.8 Å². The summed E-state index contributed by atoms with van der Waals surface area (Å²) in [5, 5.41) is 6.31. The minimum absolute atomic E-state index is 0.367. The van der Waals surface area contributed by atoms with E-state index >= 15 is 0 Å². The molecule has 3 heterocycles. The van der Waals surface area contributed by atoms with Crippen molar-refractivity contribution < 1.29 is 4.39 Å². The van der Waals surface area contributed by atoms with Crippen molar-refractivity contribution in [1.82, 2.24) is 15.3 Å². The van der Waals surface area contributed by atoms with Gasteiger partial charge in [0, 0.05) is 31.4 Å². The maximum absolute atomic E-state index is 13.5. The summed E-state index contributed by atoms with van der Waals surface area (Å²) in [7, 11) is 0. The number of nitrogens with zero attached hydrogens (tertiary/aromatic N) is 2. The van der Waals surface area contributed by atoms with E-state index < -0.39 is 0 Å². The molecule has 5 heteroatoms. The highest BCUT2D eigenvalue weighted by Gasteiger charge is 2.11. The Balaban J connectivity index is 1.87. The van der Waals surface area contributed by atoms with Gasteiger partial charge in [0.05, 0.1) is 23.8 Å². The Morgan fingerprint density at radius 1 is 1.33 bits per heavy atom. The minimum Gasteiger partial charge on any atom is -0.352 e. The van der Waals surface area contributed by atoms with Crippen molar-refractivity contribution in [3.8, 4) is 0 Å². The molecule has 0 amide bonds. The Labute approximate surface area is 104 Å². The van der Waals surface area contributed by atoms with Crippen molar-refractivity contribution >= 4 is 11.4 Å². The van der Waals surface area contributed by atoms with E-state index in [1.807, 2.05) is 6.07 Å². The van der Waals surface area contributed by atoms with E-state index in [-0.39, 0.29) is 5.82 Å². The van der Waals surface area contributed by atoms with Crippen molar-refractivity contribution in [2.24, 2.45) is 0 Å². The van der Waals surface area contributed by atoms with Crippen LogP contribution in [0.3, 0.4) is 0 Å². The van der Waals surface area contributed by atoms with Crippen LogP contribution in [-0.2, 0) is 13.0 Å². The molecule has 3 rings (SSSR count). The molecular weight excluding hydrogens is 231 g/mol. The summed E-state index contributed by atoms with van der Waals surface area (Å²) in [5.41, 5.74) is 3.49. The number of hydrogen-bond acceptors (Lipinski definition) is 4. The topological polar surface area (TPSA) is 49.8 Å². The number of pyridine rings is 2. The molecular formula is C13H13FN4. The SMILES string of the molecule is Fc1cnccc1Nc1cnc2c(c1)CNCC2. The van der Waals surface area contributed by atoms with Crippen LogP contribution in [0.1, 0.15) is 11.3 Å². The largest absolute Gasteiger partial charge is 0.352 e. The highest BCUT2D eigenvalue weighted by atomic mass is 19.1. The molecule has 0 fully saturated rings. The molecule has 0 atom stereocenters. The third kappa shape index (κ3) is 2.17. The fraction of sp³-hybridized carbons (Fsp3) is 0.231. The van der Waals surface area contributed by atoms with E-state index in [0.717, 1.165) is 30.9 Å². The molecule has 0 saturated heterocycles. The predicted octanol–water partition coefficient (Wildman–Crippen LogP) is 2.00. The molecule has 0 radical (unpaired) electrons. The summed E-state index contributed by atoms with van der Waals surface area (Å²) in [4.78, 5) is 8.12. The number of aromatic nitrogens is 2. The van der Waals surface area contributed by atoms with Crippen LogP contribution in [0.15, 0.2) is 30.7 Å². The van der Waals surface area contributed by atoms with Crippen molar-refractivity contribution in [2.75, 3.05) is 11.9 Å². The molecule has 0 spiro atoms. The monoisotopic (exact) mass is 244 g/mol. The van der Waals surface area contributed by atoms with Crippen LogP contribution < -0.4 is 10.6 Å². The van der Waals surface area contributed by atoms with Gasteiger partial charge in [0.1, 0.15) is 0 Å². The van der Waals surface area contributed by atoms with Crippen LogP contribution in [0.4, 0.5) is 15.8 Å². The van der Waals surface area contributed by atoms with E-state index in [2.05, 4.69) is 20.6 Å². The highest BCUT2D eigenvalue weighted by Crippen LogP contribution is 2.21. The average molecular weight is 244 g/mol. The van der Waals surface area contributed by atoms with Gasteiger partial charge in [0.25, 0.3) is 0 Å². The predicted molar refractivity (Wildman–Crippen MR) is 67.1 cm³/mol. The second-order valence-electron chi connectivity index (χ2n) is 4.24. The zero-order valence-electron chi connectivity index (χ0n) is 9.78. The molecule has 0 unspecified atom stereocenters. The first-order valence-electron chi connectivity index (χ1n) is 5.88. The standard InChI is InChI=1S/C13H13FN4/c14-11-8-16-4-2-13(11)18-10-5-9-6-15-3-1-12(9)17-7-10/h2,4-5,7-8,15H,1,3,6H2,(H,16,18). The molecule has 0 aromatic carbocycles. The number of fused-ring (bicyclic) bond motifs is 1. The fourth-order valence-electron chi connectivity index (χ4n) is 2.05. The summed E-state index contributed by atoms with van der Waals surface area (Å²) < 4.78 is 13.5. The zero-order chi connectivity index (χ0) is 12.4. The summed E-state index contributed by atoms with van der Waals surface area (Å²) >= 11 is 0. The first kappa shape index (κ1) is 11.1. The van der Waals surface area contributed by atoms with Crippen molar-refractivity contribution in [3.63, 3.8) is 0 Å². The lowest BCUT2D eigenvalue weighted by Crippen LogP contribution is -2.24. The third-order valence-electron chi connectivity index (χ3n) is 2.97. The maximum atomic E-state index is 13.5. The molecule has 4 nitrogen and oxygen atoms in total. The normalized spacial score (nSPS) is 14.1. The van der Waals surface area contributed by atoms with Gasteiger partial charge in [-0.05, 0) is 17.7 Å². The third-order valence-corrected chi connectivity index (χ3v) is 2.97. The van der Waals surface area contributed by atoms with Crippen LogP contribution in [0.25, 0.3) is 0 Å². The number of anilines is 2. The van der Waals surface area contributed by atoms with Crippen molar-refractivity contribution in [2.45, 2.75) is 13.0 Å². The Morgan fingerprint density at radius 2 is 2.28 bits per heavy atom. The molecule has 18 heavy (non-hydrogen) atoms. The van der Waals surface area contributed by atoms with E-state index in [4.69, 9.17) is 0 Å². The van der Waals surface area contributed by atoms with E-state index in [0.29, 0.717) is 5.69 Å². The van der Waals surface area contributed by atoms with Gasteiger partial charge >= 0.3 is 0 Å². The summed E-state index contributed by atoms with van der Waals surface area (Å²) in [5.74, 6) is -0.367. The number of hydrogen-bond donors (Lipinski definition) is 2. The number of nitrogens with one attached hydrogen (secondary N) is 2. The first-order chi connectivity index (χ1) is 8.83. The summed E-state index contributed by atoms with van der Waals surface area (Å²) in [6.07, 6.45) is 5.43. The fourth-order valence-corrected chi connectivity index (χ4v) is 2.05. The van der Waals surface area contributed by atoms with Gasteiger partial charge in [0.15, 0.2) is 5.82 Å². The molecule has 0 saturated carbocycles. The van der Waals surface area contributed by atoms with Crippen LogP contribution in [0, 0.1) is 5.82 Å². The second kappa shape index (κ2) is 4.70. The second-order valence-corrected chi connectivity index (χ2v) is 4.24. The van der Waals surface area contributed by atoms with Crippen LogP contribution >= 0.6 is 0 Å². The maximum Gasteiger partial charge on any atom is 0.164 e. The zero-order valence-corrected chi connectivity index (χ0v) is 9.78. The van der Waals surface area contributed by atoms with Gasteiger partial charge in [-0.25, -0.2) is 4.39 Å². The van der Waals surface area contributed by atoms with Crippen LogP contribution in [0.2, 0.25) is 0 Å². The minimum atomic E-state index is -0.367. The molecule has 0 bridgehead atoms. The molecule has 2 aromatic heterocycles. The Hall–Kier alpha value is -2.01. The van der Waals surface area contributed by atoms with Crippen molar-refractivity contribution in [1.29, 1.82) is 0 Å². The quantitative estimate of drug-likeness (QED) is 0.848. The lowest BCUT2D eigenvalue weighted by molar-refractivity contribution is 0.625. The molecule has 2 aromatic rings. The molecule has 0 aliphatic carbocycles. The molecule has 92 valence electrons. The van der Waals surface area contributed by atoms with Gasteiger partial charge in [0.2, 0.25) is 0 Å². The molecule has 1 aliphatic heterocycles. The average Bonchev–Trinajstić information content (AvgIpc) is 2.41. The highest BCUT2D eigenvalue weighted by molar-refractivity contribution is 5.59. The Bertz CT molecular complexity index is 571. The smallest absolute Gasteiger partial charge is 0.164 e. The van der Waals surface area contributed by atoms with E-state index in [9.17, 15) is 4.39 Å². The van der Waals surface area contributed by atoms with Gasteiger partial charge in [-0.15, -0.1) is 0 Å². The van der Waals surface area contributed by atoms with Crippen molar-refractivity contribution in [3.05, 3.63) is 47.8 Å². The van der Waals surface area contributed by atoms with Crippen LogP contribution in [0.5, 0.6) is 0 Å².